The molecule has 0 bridgehead atoms. The Kier molecular flexibility index (Phi) is 2.71. The minimum Gasteiger partial charge on any atom is -0.481 e. The molecule has 0 aliphatic heterocycles. The van der Waals surface area contributed by atoms with Gasteiger partial charge in [-0.3, -0.25) is 14.8 Å². The topological polar surface area (TPSA) is 83.3 Å². The van der Waals surface area contributed by atoms with E-state index in [1.54, 1.807) is 0 Å². The fraction of sp³-hybridized carbons (Fsp3) is 0.286. The van der Waals surface area contributed by atoms with Crippen LogP contribution in [-0.2, 0) is 4.79 Å². The molecule has 64 valence electrons. The molecule has 5 heteroatoms. The van der Waals surface area contributed by atoms with E-state index in [2.05, 4.69) is 9.97 Å². The highest BCUT2D eigenvalue weighted by atomic mass is 16.4. The summed E-state index contributed by atoms with van der Waals surface area (Å²) in [6.45, 7) is 0. The van der Waals surface area contributed by atoms with E-state index < -0.39 is 12.1 Å². The molecule has 0 aliphatic carbocycles. The Morgan fingerprint density at radius 3 is 2.83 bits per heavy atom. The van der Waals surface area contributed by atoms with Gasteiger partial charge in [0.2, 0.25) is 0 Å². The Hall–Kier alpha value is -1.49. The number of aliphatic hydroxyl groups is 1. The smallest absolute Gasteiger partial charge is 0.306 e. The Bertz CT molecular complexity index is 263. The van der Waals surface area contributed by atoms with Crippen LogP contribution in [-0.4, -0.2) is 26.2 Å². The van der Waals surface area contributed by atoms with Crippen LogP contribution in [0.3, 0.4) is 0 Å². The minimum absolute atomic E-state index is 0.278. The zero-order valence-electron chi connectivity index (χ0n) is 6.21. The first kappa shape index (κ1) is 8.61. The zero-order chi connectivity index (χ0) is 8.97. The third-order valence-electron chi connectivity index (χ3n) is 1.29. The summed E-state index contributed by atoms with van der Waals surface area (Å²) in [5.41, 5.74) is 0.278. The van der Waals surface area contributed by atoms with E-state index in [1.807, 2.05) is 0 Å². The van der Waals surface area contributed by atoms with Crippen LogP contribution in [0, 0.1) is 0 Å². The zero-order valence-corrected chi connectivity index (χ0v) is 6.21. The summed E-state index contributed by atoms with van der Waals surface area (Å²) < 4.78 is 0. The van der Waals surface area contributed by atoms with Gasteiger partial charge in [0.05, 0.1) is 18.3 Å². The number of aliphatic hydroxyl groups excluding tert-OH is 1. The molecule has 0 fully saturated rings. The van der Waals surface area contributed by atoms with Gasteiger partial charge in [-0.05, 0) is 0 Å². The lowest BCUT2D eigenvalue weighted by Crippen LogP contribution is -2.07. The highest BCUT2D eigenvalue weighted by molar-refractivity contribution is 5.67. The van der Waals surface area contributed by atoms with Gasteiger partial charge in [-0.2, -0.15) is 0 Å². The second-order valence-corrected chi connectivity index (χ2v) is 2.24. The van der Waals surface area contributed by atoms with Crippen LogP contribution in [0.2, 0.25) is 0 Å². The van der Waals surface area contributed by atoms with Crippen LogP contribution in [0.25, 0.3) is 0 Å². The van der Waals surface area contributed by atoms with Gasteiger partial charge in [0.1, 0.15) is 6.10 Å². The van der Waals surface area contributed by atoms with Crippen molar-refractivity contribution in [3.63, 3.8) is 0 Å². The monoisotopic (exact) mass is 168 g/mol. The van der Waals surface area contributed by atoms with Crippen molar-refractivity contribution in [3.05, 3.63) is 24.3 Å². The summed E-state index contributed by atoms with van der Waals surface area (Å²) in [5.74, 6) is -1.06. The van der Waals surface area contributed by atoms with Gasteiger partial charge < -0.3 is 10.2 Å². The van der Waals surface area contributed by atoms with Crippen molar-refractivity contribution in [2.45, 2.75) is 12.5 Å². The van der Waals surface area contributed by atoms with Crippen LogP contribution in [0.1, 0.15) is 18.2 Å². The lowest BCUT2D eigenvalue weighted by molar-refractivity contribution is -0.139. The Balaban J connectivity index is 2.65. The molecule has 0 saturated carbocycles. The number of carboxylic acid groups (broad SMARTS) is 1. The number of carbonyl (C=O) groups is 1. The molecule has 2 N–H and O–H groups in total. The van der Waals surface area contributed by atoms with Crippen molar-refractivity contribution >= 4 is 5.97 Å². The van der Waals surface area contributed by atoms with Crippen molar-refractivity contribution in [2.75, 3.05) is 0 Å². The lowest BCUT2D eigenvalue weighted by atomic mass is 10.2. The number of hydrogen-bond donors (Lipinski definition) is 2. The van der Waals surface area contributed by atoms with Crippen LogP contribution in [0.15, 0.2) is 18.6 Å². The summed E-state index contributed by atoms with van der Waals surface area (Å²) in [4.78, 5) is 17.6. The van der Waals surface area contributed by atoms with Crippen molar-refractivity contribution in [2.24, 2.45) is 0 Å². The van der Waals surface area contributed by atoms with Crippen LogP contribution < -0.4 is 0 Å². The number of hydrogen-bond acceptors (Lipinski definition) is 4. The number of rotatable bonds is 3. The number of aromatic nitrogens is 2. The van der Waals surface area contributed by atoms with Crippen molar-refractivity contribution in [1.82, 2.24) is 9.97 Å². The predicted molar refractivity (Wildman–Crippen MR) is 39.2 cm³/mol. The van der Waals surface area contributed by atoms with E-state index in [0.29, 0.717) is 0 Å². The van der Waals surface area contributed by atoms with Crippen LogP contribution >= 0.6 is 0 Å². The third-order valence-corrected chi connectivity index (χ3v) is 1.29. The Morgan fingerprint density at radius 1 is 1.58 bits per heavy atom. The van der Waals surface area contributed by atoms with E-state index in [-0.39, 0.29) is 12.1 Å². The molecule has 0 radical (unpaired) electrons. The van der Waals surface area contributed by atoms with Crippen molar-refractivity contribution in [1.29, 1.82) is 0 Å². The first-order valence-corrected chi connectivity index (χ1v) is 3.36. The molecule has 1 aromatic heterocycles. The maximum Gasteiger partial charge on any atom is 0.306 e. The largest absolute Gasteiger partial charge is 0.481 e. The SMILES string of the molecule is O=C(O)CC(O)c1cnccn1. The highest BCUT2D eigenvalue weighted by Gasteiger charge is 2.12. The maximum absolute atomic E-state index is 10.2. The van der Waals surface area contributed by atoms with E-state index in [1.165, 1.54) is 18.6 Å². The molecule has 1 rings (SSSR count). The maximum atomic E-state index is 10.2. The first-order chi connectivity index (χ1) is 5.70. The lowest BCUT2D eigenvalue weighted by Gasteiger charge is -2.04. The summed E-state index contributed by atoms with van der Waals surface area (Å²) in [6, 6.07) is 0. The molecule has 0 saturated heterocycles. The third kappa shape index (κ3) is 2.28. The highest BCUT2D eigenvalue weighted by Crippen LogP contribution is 2.11. The standard InChI is InChI=1S/C7H8N2O3/c10-6(3-7(11)12)5-4-8-1-2-9-5/h1-2,4,6,10H,3H2,(H,11,12). The predicted octanol–water partition coefficient (Wildman–Crippen LogP) is -0.0153. The van der Waals surface area contributed by atoms with Crippen molar-refractivity contribution in [3.8, 4) is 0 Å². The van der Waals surface area contributed by atoms with Gasteiger partial charge in [-0.25, -0.2) is 0 Å². The van der Waals surface area contributed by atoms with Gasteiger partial charge in [0, 0.05) is 12.4 Å². The van der Waals surface area contributed by atoms with Crippen LogP contribution in [0.5, 0.6) is 0 Å². The molecule has 5 nitrogen and oxygen atoms in total. The molecule has 1 atom stereocenters. The molecule has 0 amide bonds. The van der Waals surface area contributed by atoms with Crippen molar-refractivity contribution < 1.29 is 15.0 Å². The summed E-state index contributed by atoms with van der Waals surface area (Å²) >= 11 is 0. The Morgan fingerprint density at radius 2 is 2.33 bits per heavy atom. The molecule has 1 aromatic rings. The van der Waals surface area contributed by atoms with Gasteiger partial charge >= 0.3 is 5.97 Å². The fourth-order valence-electron chi connectivity index (χ4n) is 0.753. The average molecular weight is 168 g/mol. The summed E-state index contributed by atoms with van der Waals surface area (Å²) in [5, 5.41) is 17.5. The molecule has 1 unspecified atom stereocenters. The normalized spacial score (nSPS) is 12.4. The van der Waals surface area contributed by atoms with E-state index >= 15 is 0 Å². The minimum atomic E-state index is -1.07. The van der Waals surface area contributed by atoms with Gasteiger partial charge in [0.25, 0.3) is 0 Å². The average Bonchev–Trinajstić information content (AvgIpc) is 2.05. The molecular weight excluding hydrogens is 160 g/mol. The molecule has 0 aromatic carbocycles. The van der Waals surface area contributed by atoms with Crippen LogP contribution in [0.4, 0.5) is 0 Å². The Labute approximate surface area is 68.7 Å². The first-order valence-electron chi connectivity index (χ1n) is 3.36. The van der Waals surface area contributed by atoms with Gasteiger partial charge in [0.15, 0.2) is 0 Å². The van der Waals surface area contributed by atoms with Gasteiger partial charge in [-0.1, -0.05) is 0 Å². The van der Waals surface area contributed by atoms with E-state index in [0.717, 1.165) is 0 Å². The van der Waals surface area contributed by atoms with Gasteiger partial charge in [-0.15, -0.1) is 0 Å². The second kappa shape index (κ2) is 3.77. The fourth-order valence-corrected chi connectivity index (χ4v) is 0.753. The summed E-state index contributed by atoms with van der Waals surface area (Å²) in [6.07, 6.45) is 2.78. The molecule has 0 aliphatic rings. The summed E-state index contributed by atoms with van der Waals surface area (Å²) in [7, 11) is 0. The quantitative estimate of drug-likeness (QED) is 0.662. The molecule has 12 heavy (non-hydrogen) atoms. The molecular formula is C7H8N2O3. The number of nitrogens with zero attached hydrogens (tertiary/aromatic N) is 2. The second-order valence-electron chi connectivity index (χ2n) is 2.24. The van der Waals surface area contributed by atoms with E-state index in [9.17, 15) is 9.90 Å². The molecule has 0 spiro atoms. The number of carboxylic acids is 1. The van der Waals surface area contributed by atoms with E-state index in [4.69, 9.17) is 5.11 Å². The number of aliphatic carboxylic acids is 1. The molecule has 1 heterocycles.